The van der Waals surface area contributed by atoms with Crippen molar-refractivity contribution < 1.29 is 0 Å². The van der Waals surface area contributed by atoms with Gasteiger partial charge >= 0.3 is 0 Å². The average molecular weight is 265 g/mol. The molecule has 0 aliphatic heterocycles. The van der Waals surface area contributed by atoms with Gasteiger partial charge in [0, 0.05) is 18.4 Å². The molecule has 5 heteroatoms. The van der Waals surface area contributed by atoms with Gasteiger partial charge in [-0.15, -0.1) is 0 Å². The highest BCUT2D eigenvalue weighted by atomic mass is 15.1. The molecular formula is C15H15N5. The summed E-state index contributed by atoms with van der Waals surface area (Å²) in [6.07, 6.45) is 8.69. The number of nitrogens with one attached hydrogen (secondary N) is 1. The van der Waals surface area contributed by atoms with Crippen molar-refractivity contribution in [3.8, 4) is 5.82 Å². The van der Waals surface area contributed by atoms with Crippen LogP contribution in [0.3, 0.4) is 0 Å². The molecule has 5 nitrogen and oxygen atoms in total. The zero-order valence-corrected chi connectivity index (χ0v) is 11.1. The summed E-state index contributed by atoms with van der Waals surface area (Å²) in [5, 5.41) is 3.35. The smallest absolute Gasteiger partial charge is 0.158 e. The van der Waals surface area contributed by atoms with E-state index >= 15 is 0 Å². The van der Waals surface area contributed by atoms with E-state index in [9.17, 15) is 0 Å². The number of hydrogen-bond acceptors (Lipinski definition) is 4. The highest BCUT2D eigenvalue weighted by Gasteiger charge is 2.06. The summed E-state index contributed by atoms with van der Waals surface area (Å²) < 4.78 is 1.82. The van der Waals surface area contributed by atoms with E-state index in [-0.39, 0.29) is 6.04 Å². The maximum absolute atomic E-state index is 4.53. The second-order valence-corrected chi connectivity index (χ2v) is 4.51. The van der Waals surface area contributed by atoms with Crippen molar-refractivity contribution in [2.45, 2.75) is 13.0 Å². The number of benzene rings is 1. The van der Waals surface area contributed by atoms with Gasteiger partial charge in [0.05, 0.1) is 12.4 Å². The number of rotatable bonds is 4. The molecule has 1 N–H and O–H groups in total. The predicted molar refractivity (Wildman–Crippen MR) is 77.6 cm³/mol. The van der Waals surface area contributed by atoms with Gasteiger partial charge in [0.25, 0.3) is 0 Å². The van der Waals surface area contributed by atoms with Crippen LogP contribution >= 0.6 is 0 Å². The van der Waals surface area contributed by atoms with Gasteiger partial charge in [0.15, 0.2) is 5.82 Å². The summed E-state index contributed by atoms with van der Waals surface area (Å²) in [4.78, 5) is 12.8. The molecule has 100 valence electrons. The van der Waals surface area contributed by atoms with Gasteiger partial charge in [0.2, 0.25) is 0 Å². The normalized spacial score (nSPS) is 12.1. The lowest BCUT2D eigenvalue weighted by atomic mass is 10.1. The molecule has 0 saturated carbocycles. The second-order valence-electron chi connectivity index (χ2n) is 4.51. The summed E-state index contributed by atoms with van der Waals surface area (Å²) >= 11 is 0. The monoisotopic (exact) mass is 265 g/mol. The summed E-state index contributed by atoms with van der Waals surface area (Å²) in [5.41, 5.74) is 1.21. The molecule has 2 aromatic heterocycles. The van der Waals surface area contributed by atoms with Gasteiger partial charge in [-0.1, -0.05) is 30.3 Å². The van der Waals surface area contributed by atoms with E-state index in [1.807, 2.05) is 29.0 Å². The Hall–Kier alpha value is -2.69. The van der Waals surface area contributed by atoms with Crippen molar-refractivity contribution in [3.63, 3.8) is 0 Å². The molecule has 0 radical (unpaired) electrons. The molecular weight excluding hydrogens is 250 g/mol. The van der Waals surface area contributed by atoms with Crippen LogP contribution in [0.2, 0.25) is 0 Å². The number of aromatic nitrogens is 4. The molecule has 0 aliphatic rings. The van der Waals surface area contributed by atoms with E-state index in [1.54, 1.807) is 24.9 Å². The Bertz CT molecular complexity index is 664. The SMILES string of the molecule is CC(Nc1cncc(-n2ccnc2)n1)c1ccccc1. The first-order valence-electron chi connectivity index (χ1n) is 6.45. The third-order valence-corrected chi connectivity index (χ3v) is 3.05. The molecule has 0 saturated heterocycles. The Labute approximate surface area is 117 Å². The first-order chi connectivity index (χ1) is 9.83. The van der Waals surface area contributed by atoms with Crippen LogP contribution in [0.4, 0.5) is 5.82 Å². The Morgan fingerprint density at radius 2 is 1.95 bits per heavy atom. The first kappa shape index (κ1) is 12.3. The molecule has 0 bridgehead atoms. The van der Waals surface area contributed by atoms with Crippen LogP contribution in [-0.2, 0) is 0 Å². The van der Waals surface area contributed by atoms with Crippen LogP contribution in [0.15, 0.2) is 61.4 Å². The summed E-state index contributed by atoms with van der Waals surface area (Å²) in [6, 6.07) is 10.4. The quantitative estimate of drug-likeness (QED) is 0.788. The number of imidazole rings is 1. The molecule has 2 heterocycles. The molecule has 0 aliphatic carbocycles. The molecule has 3 aromatic rings. The van der Waals surface area contributed by atoms with E-state index in [0.717, 1.165) is 11.6 Å². The van der Waals surface area contributed by atoms with Gasteiger partial charge in [-0.3, -0.25) is 9.55 Å². The van der Waals surface area contributed by atoms with Crippen molar-refractivity contribution in [3.05, 3.63) is 67.0 Å². The minimum Gasteiger partial charge on any atom is -0.362 e. The highest BCUT2D eigenvalue weighted by molar-refractivity contribution is 5.39. The van der Waals surface area contributed by atoms with Crippen LogP contribution in [-0.4, -0.2) is 19.5 Å². The molecule has 3 rings (SSSR count). The molecule has 0 amide bonds. The van der Waals surface area contributed by atoms with E-state index < -0.39 is 0 Å². The fourth-order valence-electron chi connectivity index (χ4n) is 1.99. The second kappa shape index (κ2) is 5.52. The fourth-order valence-corrected chi connectivity index (χ4v) is 1.99. The highest BCUT2D eigenvalue weighted by Crippen LogP contribution is 2.17. The minimum absolute atomic E-state index is 0.170. The molecule has 1 atom stereocenters. The lowest BCUT2D eigenvalue weighted by molar-refractivity contribution is 0.863. The van der Waals surface area contributed by atoms with E-state index in [1.165, 1.54) is 5.56 Å². The van der Waals surface area contributed by atoms with Crippen molar-refractivity contribution >= 4 is 5.82 Å². The van der Waals surface area contributed by atoms with Gasteiger partial charge in [-0.05, 0) is 12.5 Å². The van der Waals surface area contributed by atoms with Gasteiger partial charge in [-0.25, -0.2) is 9.97 Å². The number of anilines is 1. The molecule has 0 fully saturated rings. The van der Waals surface area contributed by atoms with Gasteiger partial charge in [0.1, 0.15) is 12.1 Å². The van der Waals surface area contributed by atoms with E-state index in [0.29, 0.717) is 0 Å². The van der Waals surface area contributed by atoms with Crippen LogP contribution in [0, 0.1) is 0 Å². The number of nitrogens with zero attached hydrogens (tertiary/aromatic N) is 4. The number of hydrogen-bond donors (Lipinski definition) is 1. The van der Waals surface area contributed by atoms with E-state index in [2.05, 4.69) is 39.3 Å². The topological polar surface area (TPSA) is 55.6 Å². The lowest BCUT2D eigenvalue weighted by Gasteiger charge is -2.15. The Balaban J connectivity index is 1.80. The van der Waals surface area contributed by atoms with Crippen LogP contribution in [0.1, 0.15) is 18.5 Å². The third-order valence-electron chi connectivity index (χ3n) is 3.05. The zero-order valence-electron chi connectivity index (χ0n) is 11.1. The first-order valence-corrected chi connectivity index (χ1v) is 6.45. The van der Waals surface area contributed by atoms with Gasteiger partial charge in [-0.2, -0.15) is 0 Å². The standard InChI is InChI=1S/C15H15N5/c1-12(13-5-3-2-4-6-13)18-14-9-17-10-15(19-14)20-8-7-16-11-20/h2-12H,1H3,(H,18,19). The summed E-state index contributed by atoms with van der Waals surface area (Å²) in [5.74, 6) is 1.49. The predicted octanol–water partition coefficient (Wildman–Crippen LogP) is 2.84. The summed E-state index contributed by atoms with van der Waals surface area (Å²) in [7, 11) is 0. The maximum Gasteiger partial charge on any atom is 0.158 e. The fraction of sp³-hybridized carbons (Fsp3) is 0.133. The zero-order chi connectivity index (χ0) is 13.8. The van der Waals surface area contributed by atoms with Crippen LogP contribution < -0.4 is 5.32 Å². The van der Waals surface area contributed by atoms with E-state index in [4.69, 9.17) is 0 Å². The Kier molecular flexibility index (Phi) is 3.41. The summed E-state index contributed by atoms with van der Waals surface area (Å²) in [6.45, 7) is 2.10. The van der Waals surface area contributed by atoms with Gasteiger partial charge < -0.3 is 5.32 Å². The molecule has 1 unspecified atom stereocenters. The largest absolute Gasteiger partial charge is 0.362 e. The average Bonchev–Trinajstić information content (AvgIpc) is 3.03. The molecule has 1 aromatic carbocycles. The third kappa shape index (κ3) is 2.66. The Morgan fingerprint density at radius 1 is 1.10 bits per heavy atom. The minimum atomic E-state index is 0.170. The van der Waals surface area contributed by atoms with Crippen molar-refractivity contribution in [1.82, 2.24) is 19.5 Å². The van der Waals surface area contributed by atoms with Crippen molar-refractivity contribution in [2.75, 3.05) is 5.32 Å². The lowest BCUT2D eigenvalue weighted by Crippen LogP contribution is -2.09. The molecule has 20 heavy (non-hydrogen) atoms. The van der Waals surface area contributed by atoms with Crippen molar-refractivity contribution in [2.24, 2.45) is 0 Å². The van der Waals surface area contributed by atoms with Crippen LogP contribution in [0.5, 0.6) is 0 Å². The maximum atomic E-state index is 4.53. The Morgan fingerprint density at radius 3 is 2.70 bits per heavy atom. The van der Waals surface area contributed by atoms with Crippen molar-refractivity contribution in [1.29, 1.82) is 0 Å². The van der Waals surface area contributed by atoms with Crippen LogP contribution in [0.25, 0.3) is 5.82 Å². The molecule has 0 spiro atoms.